The molecule has 0 unspecified atom stereocenters. The van der Waals surface area contributed by atoms with E-state index in [-0.39, 0.29) is 0 Å². The third-order valence-electron chi connectivity index (χ3n) is 2.17. The van der Waals surface area contributed by atoms with Gasteiger partial charge in [0.15, 0.2) is 0 Å². The molecule has 0 aliphatic heterocycles. The van der Waals surface area contributed by atoms with Gasteiger partial charge in [-0.15, -0.1) is 0 Å². The Morgan fingerprint density at radius 2 is 2.21 bits per heavy atom. The number of aromatic nitrogens is 3. The van der Waals surface area contributed by atoms with Crippen molar-refractivity contribution in [1.29, 1.82) is 0 Å². The number of hydrogen-bond donors (Lipinski definition) is 1. The van der Waals surface area contributed by atoms with Crippen LogP contribution in [0.4, 0.5) is 0 Å². The molecule has 0 atom stereocenters. The molecule has 68 valence electrons. The highest BCUT2D eigenvalue weighted by molar-refractivity contribution is 5.83. The highest BCUT2D eigenvalue weighted by Crippen LogP contribution is 2.20. The number of hydrogen-bond acceptors (Lipinski definition) is 3. The van der Waals surface area contributed by atoms with Crippen LogP contribution in [0.5, 0.6) is 0 Å². The first-order valence-electron chi connectivity index (χ1n) is 4.27. The summed E-state index contributed by atoms with van der Waals surface area (Å²) in [5, 5.41) is 4.93. The molecule has 3 rings (SSSR count). The Morgan fingerprint density at radius 3 is 3.07 bits per heavy atom. The summed E-state index contributed by atoms with van der Waals surface area (Å²) in [4.78, 5) is 7.12. The lowest BCUT2D eigenvalue weighted by Crippen LogP contribution is -1.79. The van der Waals surface area contributed by atoms with Crippen LogP contribution in [0.25, 0.3) is 22.3 Å². The topological polar surface area (TPSA) is 54.7 Å². The van der Waals surface area contributed by atoms with Crippen LogP contribution in [0.3, 0.4) is 0 Å². The van der Waals surface area contributed by atoms with Gasteiger partial charge in [-0.05, 0) is 24.3 Å². The van der Waals surface area contributed by atoms with E-state index in [0.717, 1.165) is 16.5 Å². The number of benzene rings is 1. The maximum atomic E-state index is 4.69. The average Bonchev–Trinajstić information content (AvgIpc) is 2.88. The first-order chi connectivity index (χ1) is 6.93. The number of H-pyrrole nitrogens is 1. The van der Waals surface area contributed by atoms with E-state index < -0.39 is 0 Å². The van der Waals surface area contributed by atoms with Crippen molar-refractivity contribution in [2.45, 2.75) is 0 Å². The van der Waals surface area contributed by atoms with Crippen LogP contribution in [0.1, 0.15) is 0 Å². The Bertz CT molecular complexity index is 554. The van der Waals surface area contributed by atoms with Crippen LogP contribution in [0, 0.1) is 0 Å². The predicted molar refractivity (Wildman–Crippen MR) is 51.6 cm³/mol. The van der Waals surface area contributed by atoms with Gasteiger partial charge < -0.3 is 9.51 Å². The average molecular weight is 185 g/mol. The second kappa shape index (κ2) is 2.70. The fourth-order valence-corrected chi connectivity index (χ4v) is 1.49. The fraction of sp³-hybridized carbons (Fsp3) is 0. The lowest BCUT2D eigenvalue weighted by molar-refractivity contribution is 0.419. The number of nitrogens with zero attached hydrogens (tertiary/aromatic N) is 2. The molecular weight excluding hydrogens is 178 g/mol. The van der Waals surface area contributed by atoms with Crippen LogP contribution >= 0.6 is 0 Å². The molecule has 0 saturated heterocycles. The van der Waals surface area contributed by atoms with Gasteiger partial charge in [-0.25, -0.2) is 0 Å². The summed E-state index contributed by atoms with van der Waals surface area (Å²) in [6, 6.07) is 8.00. The van der Waals surface area contributed by atoms with Gasteiger partial charge in [0.1, 0.15) is 0 Å². The first kappa shape index (κ1) is 7.32. The molecule has 2 aromatic heterocycles. The lowest BCUT2D eigenvalue weighted by atomic mass is 10.1. The van der Waals surface area contributed by atoms with E-state index in [1.807, 2.05) is 30.5 Å². The molecule has 0 radical (unpaired) electrons. The normalized spacial score (nSPS) is 10.9. The summed E-state index contributed by atoms with van der Waals surface area (Å²) in [5.74, 6) is 0.619. The Morgan fingerprint density at radius 1 is 1.21 bits per heavy atom. The predicted octanol–water partition coefficient (Wildman–Crippen LogP) is 2.22. The molecule has 4 nitrogen and oxygen atoms in total. The molecule has 3 aromatic rings. The van der Waals surface area contributed by atoms with Crippen LogP contribution in [0.15, 0.2) is 41.4 Å². The number of fused-ring (bicyclic) bond motifs is 1. The maximum Gasteiger partial charge on any atom is 0.214 e. The lowest BCUT2D eigenvalue weighted by Gasteiger charge is -1.94. The summed E-state index contributed by atoms with van der Waals surface area (Å²) >= 11 is 0. The SMILES string of the molecule is c1cc2cc(-c3ncon3)ccc2[nH]1. The quantitative estimate of drug-likeness (QED) is 0.632. The van der Waals surface area contributed by atoms with Crippen LogP contribution in [0.2, 0.25) is 0 Å². The Hall–Kier alpha value is -2.10. The largest absolute Gasteiger partial charge is 0.361 e. The zero-order valence-electron chi connectivity index (χ0n) is 7.27. The van der Waals surface area contributed by atoms with Gasteiger partial charge in [0.25, 0.3) is 0 Å². The number of aromatic amines is 1. The minimum absolute atomic E-state index is 0.619. The molecule has 14 heavy (non-hydrogen) atoms. The van der Waals surface area contributed by atoms with Crippen molar-refractivity contribution in [1.82, 2.24) is 15.1 Å². The van der Waals surface area contributed by atoms with Gasteiger partial charge in [-0.3, -0.25) is 0 Å². The maximum absolute atomic E-state index is 4.69. The second-order valence-corrected chi connectivity index (χ2v) is 3.03. The van der Waals surface area contributed by atoms with Crippen molar-refractivity contribution in [3.63, 3.8) is 0 Å². The Kier molecular flexibility index (Phi) is 1.41. The van der Waals surface area contributed by atoms with Gasteiger partial charge in [-0.2, -0.15) is 4.98 Å². The van der Waals surface area contributed by atoms with Gasteiger partial charge in [0.05, 0.1) is 0 Å². The van der Waals surface area contributed by atoms with E-state index in [0.29, 0.717) is 5.82 Å². The Balaban J connectivity index is 2.23. The summed E-state index contributed by atoms with van der Waals surface area (Å²) < 4.78 is 4.69. The third kappa shape index (κ3) is 1.01. The van der Waals surface area contributed by atoms with Crippen molar-refractivity contribution in [3.05, 3.63) is 36.9 Å². The number of rotatable bonds is 1. The number of nitrogens with one attached hydrogen (secondary N) is 1. The van der Waals surface area contributed by atoms with Gasteiger partial charge in [0.2, 0.25) is 12.2 Å². The van der Waals surface area contributed by atoms with Crippen LogP contribution in [-0.4, -0.2) is 15.1 Å². The van der Waals surface area contributed by atoms with Gasteiger partial charge in [0, 0.05) is 22.7 Å². The zero-order valence-corrected chi connectivity index (χ0v) is 7.27. The molecular formula is C10H7N3O. The monoisotopic (exact) mass is 185 g/mol. The van der Waals surface area contributed by atoms with E-state index in [2.05, 4.69) is 15.1 Å². The first-order valence-corrected chi connectivity index (χ1v) is 4.27. The van der Waals surface area contributed by atoms with Crippen LogP contribution in [-0.2, 0) is 0 Å². The van der Waals surface area contributed by atoms with Gasteiger partial charge >= 0.3 is 0 Å². The van der Waals surface area contributed by atoms with E-state index in [1.165, 1.54) is 6.39 Å². The molecule has 0 fully saturated rings. The fourth-order valence-electron chi connectivity index (χ4n) is 1.49. The molecule has 0 saturated carbocycles. The van der Waals surface area contributed by atoms with E-state index in [4.69, 9.17) is 4.52 Å². The molecule has 1 aromatic carbocycles. The molecule has 2 heterocycles. The molecule has 0 aliphatic carbocycles. The summed E-state index contributed by atoms with van der Waals surface area (Å²) in [6.45, 7) is 0. The smallest absolute Gasteiger partial charge is 0.214 e. The van der Waals surface area contributed by atoms with Crippen molar-refractivity contribution >= 4 is 10.9 Å². The van der Waals surface area contributed by atoms with E-state index in [1.54, 1.807) is 0 Å². The van der Waals surface area contributed by atoms with Crippen molar-refractivity contribution in [3.8, 4) is 11.4 Å². The van der Waals surface area contributed by atoms with Crippen molar-refractivity contribution in [2.24, 2.45) is 0 Å². The third-order valence-corrected chi connectivity index (χ3v) is 2.17. The summed E-state index contributed by atoms with van der Waals surface area (Å²) in [7, 11) is 0. The molecule has 0 bridgehead atoms. The zero-order chi connectivity index (χ0) is 9.38. The summed E-state index contributed by atoms with van der Waals surface area (Å²) in [5.41, 5.74) is 2.07. The molecule has 0 aliphatic rings. The summed E-state index contributed by atoms with van der Waals surface area (Å²) in [6.07, 6.45) is 3.24. The van der Waals surface area contributed by atoms with Crippen LogP contribution < -0.4 is 0 Å². The van der Waals surface area contributed by atoms with E-state index >= 15 is 0 Å². The van der Waals surface area contributed by atoms with Crippen molar-refractivity contribution in [2.75, 3.05) is 0 Å². The highest BCUT2D eigenvalue weighted by Gasteiger charge is 2.03. The highest BCUT2D eigenvalue weighted by atomic mass is 16.5. The molecule has 0 spiro atoms. The standard InChI is InChI=1S/C10H7N3O/c1-2-9-7(3-4-11-9)5-8(1)10-12-6-14-13-10/h1-6,11H. The van der Waals surface area contributed by atoms with Crippen molar-refractivity contribution < 1.29 is 4.52 Å². The molecule has 4 heteroatoms. The van der Waals surface area contributed by atoms with E-state index in [9.17, 15) is 0 Å². The minimum atomic E-state index is 0.619. The Labute approximate surface area is 79.6 Å². The second-order valence-electron chi connectivity index (χ2n) is 3.03. The molecule has 1 N–H and O–H groups in total. The minimum Gasteiger partial charge on any atom is -0.361 e. The van der Waals surface area contributed by atoms with Gasteiger partial charge in [-0.1, -0.05) is 5.16 Å². The molecule has 0 amide bonds.